The average molecular weight is 563 g/mol. The molecule has 218 valence electrons. The first-order chi connectivity index (χ1) is 19.1. The molecule has 3 nitrogen and oxygen atoms in total. The summed E-state index contributed by atoms with van der Waals surface area (Å²) in [5, 5.41) is 0. The van der Waals surface area contributed by atoms with Crippen LogP contribution in [-0.4, -0.2) is 0 Å². The summed E-state index contributed by atoms with van der Waals surface area (Å²) in [7, 11) is -1.71. The van der Waals surface area contributed by atoms with Gasteiger partial charge >= 0.3 is 8.60 Å². The third-order valence-electron chi connectivity index (χ3n) is 7.25. The van der Waals surface area contributed by atoms with Crippen LogP contribution in [0.15, 0.2) is 72.8 Å². The fourth-order valence-corrected chi connectivity index (χ4v) is 5.63. The van der Waals surface area contributed by atoms with E-state index in [1.807, 2.05) is 36.4 Å². The Morgan fingerprint density at radius 3 is 1.45 bits per heavy atom. The quantitative estimate of drug-likeness (QED) is 0.136. The van der Waals surface area contributed by atoms with Crippen molar-refractivity contribution in [2.75, 3.05) is 0 Å². The molecule has 3 aromatic rings. The number of para-hydroxylation sites is 1. The lowest BCUT2D eigenvalue weighted by molar-refractivity contribution is 0.386. The average Bonchev–Trinajstić information content (AvgIpc) is 2.90. The SMILES string of the molecule is CCCCCCCCCCc1ccccc1OP(Oc1ccc(C(C)(C)C)cc1)Oc1ccc(C(C)(C)C)cc1. The summed E-state index contributed by atoms with van der Waals surface area (Å²) in [6.07, 6.45) is 11.5. The minimum atomic E-state index is -1.71. The fourth-order valence-electron chi connectivity index (χ4n) is 4.59. The van der Waals surface area contributed by atoms with Crippen LogP contribution in [0.4, 0.5) is 0 Å². The highest BCUT2D eigenvalue weighted by molar-refractivity contribution is 7.43. The molecular weight excluding hydrogens is 511 g/mol. The number of hydrogen-bond acceptors (Lipinski definition) is 3. The molecule has 0 fully saturated rings. The van der Waals surface area contributed by atoms with Crippen molar-refractivity contribution in [3.8, 4) is 17.2 Å². The third-order valence-corrected chi connectivity index (χ3v) is 8.31. The van der Waals surface area contributed by atoms with Crippen LogP contribution in [0.3, 0.4) is 0 Å². The van der Waals surface area contributed by atoms with E-state index in [2.05, 4.69) is 84.9 Å². The van der Waals surface area contributed by atoms with Gasteiger partial charge in [0.1, 0.15) is 17.2 Å². The lowest BCUT2D eigenvalue weighted by atomic mass is 9.87. The van der Waals surface area contributed by atoms with Crippen molar-refractivity contribution >= 4 is 8.60 Å². The van der Waals surface area contributed by atoms with Gasteiger partial charge in [-0.3, -0.25) is 0 Å². The Balaban J connectivity index is 1.71. The number of rotatable bonds is 15. The summed E-state index contributed by atoms with van der Waals surface area (Å²) in [5.41, 5.74) is 3.90. The van der Waals surface area contributed by atoms with E-state index in [4.69, 9.17) is 13.6 Å². The summed E-state index contributed by atoms with van der Waals surface area (Å²) in [6.45, 7) is 15.6. The molecule has 4 heteroatoms. The van der Waals surface area contributed by atoms with Gasteiger partial charge in [-0.1, -0.05) is 136 Å². The van der Waals surface area contributed by atoms with Gasteiger partial charge in [-0.05, 0) is 70.7 Å². The zero-order valence-electron chi connectivity index (χ0n) is 26.0. The van der Waals surface area contributed by atoms with Gasteiger partial charge in [0.15, 0.2) is 0 Å². The van der Waals surface area contributed by atoms with E-state index >= 15 is 0 Å². The van der Waals surface area contributed by atoms with Crippen LogP contribution in [0.25, 0.3) is 0 Å². The van der Waals surface area contributed by atoms with Gasteiger partial charge in [-0.2, -0.15) is 0 Å². The summed E-state index contributed by atoms with van der Waals surface area (Å²) >= 11 is 0. The molecule has 3 aromatic carbocycles. The van der Waals surface area contributed by atoms with Gasteiger partial charge in [0.25, 0.3) is 0 Å². The van der Waals surface area contributed by atoms with Crippen LogP contribution in [0.2, 0.25) is 0 Å². The highest BCUT2D eigenvalue weighted by atomic mass is 31.2. The van der Waals surface area contributed by atoms with Crippen molar-refractivity contribution in [3.05, 3.63) is 89.5 Å². The Bertz CT molecular complexity index is 1060. The van der Waals surface area contributed by atoms with E-state index in [-0.39, 0.29) is 10.8 Å². The molecule has 0 aliphatic carbocycles. The molecule has 0 aliphatic heterocycles. The first kappa shape index (κ1) is 32.0. The van der Waals surface area contributed by atoms with Crippen LogP contribution in [0.1, 0.15) is 117 Å². The number of unbranched alkanes of at least 4 members (excludes halogenated alkanes) is 7. The second kappa shape index (κ2) is 15.5. The van der Waals surface area contributed by atoms with Crippen molar-refractivity contribution in [2.24, 2.45) is 0 Å². The van der Waals surface area contributed by atoms with E-state index in [9.17, 15) is 0 Å². The van der Waals surface area contributed by atoms with Gasteiger partial charge < -0.3 is 13.6 Å². The molecule has 0 atom stereocenters. The predicted octanol–water partition coefficient (Wildman–Crippen LogP) is 11.7. The molecular formula is C36H51O3P. The third kappa shape index (κ3) is 10.8. The first-order valence-electron chi connectivity index (χ1n) is 15.2. The molecule has 0 saturated carbocycles. The van der Waals surface area contributed by atoms with Crippen LogP contribution in [0, 0.1) is 0 Å². The Morgan fingerprint density at radius 2 is 0.975 bits per heavy atom. The molecule has 3 rings (SSSR count). The van der Waals surface area contributed by atoms with Gasteiger partial charge in [-0.25, -0.2) is 0 Å². The van der Waals surface area contributed by atoms with Gasteiger partial charge in [0.2, 0.25) is 0 Å². The van der Waals surface area contributed by atoms with Crippen molar-refractivity contribution in [2.45, 2.75) is 117 Å². The maximum absolute atomic E-state index is 6.49. The molecule has 0 radical (unpaired) electrons. The van der Waals surface area contributed by atoms with E-state index in [1.54, 1.807) is 0 Å². The summed E-state index contributed by atoms with van der Waals surface area (Å²) in [4.78, 5) is 0. The topological polar surface area (TPSA) is 27.7 Å². The molecule has 0 aliphatic rings. The number of benzene rings is 3. The van der Waals surface area contributed by atoms with Gasteiger partial charge in [0.05, 0.1) is 0 Å². The lowest BCUT2D eigenvalue weighted by Gasteiger charge is -2.22. The van der Waals surface area contributed by atoms with Crippen molar-refractivity contribution in [1.29, 1.82) is 0 Å². The zero-order valence-corrected chi connectivity index (χ0v) is 26.9. The monoisotopic (exact) mass is 562 g/mol. The fraction of sp³-hybridized carbons (Fsp3) is 0.500. The minimum absolute atomic E-state index is 0.0828. The molecule has 0 N–H and O–H groups in total. The zero-order chi connectivity index (χ0) is 29.0. The predicted molar refractivity (Wildman–Crippen MR) is 172 cm³/mol. The molecule has 40 heavy (non-hydrogen) atoms. The Hall–Kier alpha value is -2.51. The maximum Gasteiger partial charge on any atom is 0.530 e. The number of aryl methyl sites for hydroxylation is 1. The molecule has 0 spiro atoms. The van der Waals surface area contributed by atoms with Crippen LogP contribution in [0.5, 0.6) is 17.2 Å². The highest BCUT2D eigenvalue weighted by Gasteiger charge is 2.23. The molecule has 0 amide bonds. The molecule has 0 aromatic heterocycles. The molecule has 0 heterocycles. The van der Waals surface area contributed by atoms with Crippen molar-refractivity contribution in [1.82, 2.24) is 0 Å². The smallest absolute Gasteiger partial charge is 0.409 e. The minimum Gasteiger partial charge on any atom is -0.409 e. The second-order valence-electron chi connectivity index (χ2n) is 12.9. The first-order valence-corrected chi connectivity index (χ1v) is 16.3. The lowest BCUT2D eigenvalue weighted by Crippen LogP contribution is -2.11. The largest absolute Gasteiger partial charge is 0.530 e. The Morgan fingerprint density at radius 1 is 0.525 bits per heavy atom. The standard InChI is InChI=1S/C36H51O3P/c1-8-9-10-11-12-13-14-15-18-29-19-16-17-20-34(29)39-40(37-32-25-21-30(22-26-32)35(2,3)4)38-33-27-23-31(24-28-33)36(5,6)7/h16-17,19-28H,8-15,18H2,1-7H3. The maximum atomic E-state index is 6.49. The molecule has 0 bridgehead atoms. The molecule has 0 unspecified atom stereocenters. The van der Waals surface area contributed by atoms with E-state index in [1.165, 1.54) is 61.6 Å². The van der Waals surface area contributed by atoms with Crippen LogP contribution >= 0.6 is 8.60 Å². The van der Waals surface area contributed by atoms with E-state index < -0.39 is 8.60 Å². The second-order valence-corrected chi connectivity index (χ2v) is 13.9. The Labute approximate surface area is 245 Å². The summed E-state index contributed by atoms with van der Waals surface area (Å²) in [5.74, 6) is 2.33. The van der Waals surface area contributed by atoms with Crippen LogP contribution in [-0.2, 0) is 17.3 Å². The summed E-state index contributed by atoms with van der Waals surface area (Å²) < 4.78 is 19.2. The highest BCUT2D eigenvalue weighted by Crippen LogP contribution is 2.44. The van der Waals surface area contributed by atoms with Crippen molar-refractivity contribution < 1.29 is 13.6 Å². The normalized spacial score (nSPS) is 12.0. The van der Waals surface area contributed by atoms with Crippen LogP contribution < -0.4 is 13.6 Å². The van der Waals surface area contributed by atoms with E-state index in [0.717, 1.165) is 30.1 Å². The Kier molecular flexibility index (Phi) is 12.4. The summed E-state index contributed by atoms with van der Waals surface area (Å²) in [6, 6.07) is 24.9. The van der Waals surface area contributed by atoms with Crippen molar-refractivity contribution in [3.63, 3.8) is 0 Å². The van der Waals surface area contributed by atoms with Gasteiger partial charge in [0, 0.05) is 0 Å². The molecule has 0 saturated heterocycles. The van der Waals surface area contributed by atoms with Gasteiger partial charge in [-0.15, -0.1) is 0 Å². The van der Waals surface area contributed by atoms with E-state index in [0.29, 0.717) is 0 Å². The number of hydrogen-bond donors (Lipinski definition) is 0.